The van der Waals surface area contributed by atoms with E-state index >= 15 is 0 Å². The summed E-state index contributed by atoms with van der Waals surface area (Å²) in [7, 11) is 0. The molecule has 0 unspecified atom stereocenters. The third-order valence-electron chi connectivity index (χ3n) is 3.24. The number of halogens is 1. The molecule has 2 rings (SSSR count). The molecule has 0 saturated carbocycles. The van der Waals surface area contributed by atoms with Gasteiger partial charge in [0.25, 0.3) is 0 Å². The SMILES string of the molecule is OC[C@H]1CCN(Cc2ccccc2)C[C@@H]1Cl. The lowest BCUT2D eigenvalue weighted by atomic mass is 9.97. The minimum Gasteiger partial charge on any atom is -0.396 e. The molecule has 1 heterocycles. The second-order valence-corrected chi connectivity index (χ2v) is 5.03. The summed E-state index contributed by atoms with van der Waals surface area (Å²) in [6.45, 7) is 3.08. The van der Waals surface area contributed by atoms with Crippen molar-refractivity contribution in [3.05, 3.63) is 35.9 Å². The zero-order chi connectivity index (χ0) is 11.4. The van der Waals surface area contributed by atoms with Gasteiger partial charge in [-0.3, -0.25) is 4.90 Å². The van der Waals surface area contributed by atoms with Gasteiger partial charge in [0, 0.05) is 25.6 Å². The number of aliphatic hydroxyl groups is 1. The van der Waals surface area contributed by atoms with Gasteiger partial charge in [0.05, 0.1) is 5.38 Å². The third-order valence-corrected chi connectivity index (χ3v) is 3.74. The van der Waals surface area contributed by atoms with E-state index in [1.165, 1.54) is 5.56 Å². The van der Waals surface area contributed by atoms with E-state index in [0.29, 0.717) is 0 Å². The van der Waals surface area contributed by atoms with Gasteiger partial charge in [-0.25, -0.2) is 0 Å². The van der Waals surface area contributed by atoms with Crippen LogP contribution < -0.4 is 0 Å². The van der Waals surface area contributed by atoms with Crippen LogP contribution in [0.4, 0.5) is 0 Å². The van der Waals surface area contributed by atoms with Crippen LogP contribution in [0.3, 0.4) is 0 Å². The van der Waals surface area contributed by atoms with Gasteiger partial charge in [0.2, 0.25) is 0 Å². The fraction of sp³-hybridized carbons (Fsp3) is 0.538. The van der Waals surface area contributed by atoms with Gasteiger partial charge in [0.15, 0.2) is 0 Å². The first-order valence-corrected chi connectivity index (χ1v) is 6.24. The zero-order valence-corrected chi connectivity index (χ0v) is 10.1. The normalized spacial score (nSPS) is 26.9. The van der Waals surface area contributed by atoms with E-state index in [-0.39, 0.29) is 17.9 Å². The molecule has 1 aromatic rings. The molecular formula is C13H18ClNO. The Morgan fingerprint density at radius 2 is 2.06 bits per heavy atom. The van der Waals surface area contributed by atoms with Crippen LogP contribution in [0.1, 0.15) is 12.0 Å². The van der Waals surface area contributed by atoms with Crippen LogP contribution in [0.15, 0.2) is 30.3 Å². The Morgan fingerprint density at radius 1 is 1.31 bits per heavy atom. The second kappa shape index (κ2) is 5.67. The molecule has 1 aromatic carbocycles. The van der Waals surface area contributed by atoms with E-state index in [1.54, 1.807) is 0 Å². The average Bonchev–Trinajstić information content (AvgIpc) is 2.31. The van der Waals surface area contributed by atoms with Crippen LogP contribution in [0.5, 0.6) is 0 Å². The van der Waals surface area contributed by atoms with E-state index in [4.69, 9.17) is 16.7 Å². The maximum Gasteiger partial charge on any atom is 0.0513 e. The number of benzene rings is 1. The van der Waals surface area contributed by atoms with Crippen LogP contribution in [-0.4, -0.2) is 35.1 Å². The molecule has 0 aliphatic carbocycles. The van der Waals surface area contributed by atoms with Crippen LogP contribution in [0, 0.1) is 5.92 Å². The van der Waals surface area contributed by atoms with Crippen molar-refractivity contribution >= 4 is 11.6 Å². The quantitative estimate of drug-likeness (QED) is 0.817. The number of hydrogen-bond donors (Lipinski definition) is 1. The molecule has 0 aromatic heterocycles. The lowest BCUT2D eigenvalue weighted by Crippen LogP contribution is -2.42. The zero-order valence-electron chi connectivity index (χ0n) is 9.35. The molecule has 1 fully saturated rings. The largest absolute Gasteiger partial charge is 0.396 e. The highest BCUT2D eigenvalue weighted by Crippen LogP contribution is 2.23. The summed E-state index contributed by atoms with van der Waals surface area (Å²) in [5, 5.41) is 9.22. The summed E-state index contributed by atoms with van der Waals surface area (Å²) in [5.41, 5.74) is 1.33. The molecular weight excluding hydrogens is 222 g/mol. The molecule has 1 N–H and O–H groups in total. The predicted octanol–water partition coefficient (Wildman–Crippen LogP) is 2.11. The maximum absolute atomic E-state index is 9.13. The molecule has 2 nitrogen and oxygen atoms in total. The van der Waals surface area contributed by atoms with Crippen molar-refractivity contribution in [3.8, 4) is 0 Å². The summed E-state index contributed by atoms with van der Waals surface area (Å²) >= 11 is 6.24. The molecule has 1 aliphatic rings. The fourth-order valence-electron chi connectivity index (χ4n) is 2.21. The summed E-state index contributed by atoms with van der Waals surface area (Å²) in [4.78, 5) is 2.36. The van der Waals surface area contributed by atoms with Crippen molar-refractivity contribution in [1.29, 1.82) is 0 Å². The number of rotatable bonds is 3. The Hall–Kier alpha value is -0.570. The second-order valence-electron chi connectivity index (χ2n) is 4.47. The lowest BCUT2D eigenvalue weighted by molar-refractivity contribution is 0.131. The Bertz CT molecular complexity index is 317. The van der Waals surface area contributed by atoms with Gasteiger partial charge < -0.3 is 5.11 Å². The number of piperidine rings is 1. The molecule has 0 bridgehead atoms. The van der Waals surface area contributed by atoms with Crippen LogP contribution in [0.2, 0.25) is 0 Å². The minimum atomic E-state index is 0.0856. The number of alkyl halides is 1. The van der Waals surface area contributed by atoms with E-state index < -0.39 is 0 Å². The Labute approximate surface area is 102 Å². The minimum absolute atomic E-state index is 0.0856. The van der Waals surface area contributed by atoms with Gasteiger partial charge in [-0.15, -0.1) is 11.6 Å². The van der Waals surface area contributed by atoms with Gasteiger partial charge in [-0.2, -0.15) is 0 Å². The highest BCUT2D eigenvalue weighted by molar-refractivity contribution is 6.21. The average molecular weight is 240 g/mol. The molecule has 1 saturated heterocycles. The van der Waals surface area contributed by atoms with Gasteiger partial charge >= 0.3 is 0 Å². The van der Waals surface area contributed by atoms with Crippen molar-refractivity contribution in [2.24, 2.45) is 5.92 Å². The number of likely N-dealkylation sites (tertiary alicyclic amines) is 1. The van der Waals surface area contributed by atoms with Gasteiger partial charge in [-0.1, -0.05) is 30.3 Å². The first-order valence-electron chi connectivity index (χ1n) is 5.81. The molecule has 0 radical (unpaired) electrons. The van der Waals surface area contributed by atoms with Gasteiger partial charge in [-0.05, 0) is 18.5 Å². The first-order chi connectivity index (χ1) is 7.79. The summed E-state index contributed by atoms with van der Waals surface area (Å²) in [6.07, 6.45) is 0.998. The number of nitrogens with zero attached hydrogens (tertiary/aromatic N) is 1. The summed E-state index contributed by atoms with van der Waals surface area (Å²) in [5.74, 6) is 0.272. The Kier molecular flexibility index (Phi) is 4.22. The van der Waals surface area contributed by atoms with Gasteiger partial charge in [0.1, 0.15) is 0 Å². The summed E-state index contributed by atoms with van der Waals surface area (Å²) < 4.78 is 0. The lowest BCUT2D eigenvalue weighted by Gasteiger charge is -2.34. The van der Waals surface area contributed by atoms with E-state index in [0.717, 1.165) is 26.1 Å². The monoisotopic (exact) mass is 239 g/mol. The van der Waals surface area contributed by atoms with Crippen molar-refractivity contribution in [1.82, 2.24) is 4.90 Å². The Balaban J connectivity index is 1.89. The molecule has 3 heteroatoms. The smallest absolute Gasteiger partial charge is 0.0513 e. The molecule has 1 aliphatic heterocycles. The van der Waals surface area contributed by atoms with Crippen LogP contribution in [0.25, 0.3) is 0 Å². The maximum atomic E-state index is 9.13. The first kappa shape index (κ1) is 11.9. The molecule has 16 heavy (non-hydrogen) atoms. The predicted molar refractivity (Wildman–Crippen MR) is 66.6 cm³/mol. The highest BCUT2D eigenvalue weighted by Gasteiger charge is 2.26. The van der Waals surface area contributed by atoms with E-state index in [9.17, 15) is 0 Å². The van der Waals surface area contributed by atoms with E-state index in [1.807, 2.05) is 6.07 Å². The van der Waals surface area contributed by atoms with Crippen molar-refractivity contribution in [3.63, 3.8) is 0 Å². The van der Waals surface area contributed by atoms with Crippen LogP contribution in [-0.2, 0) is 6.54 Å². The van der Waals surface area contributed by atoms with Crippen molar-refractivity contribution in [2.75, 3.05) is 19.7 Å². The molecule has 2 atom stereocenters. The Morgan fingerprint density at radius 3 is 2.69 bits per heavy atom. The number of hydrogen-bond acceptors (Lipinski definition) is 2. The molecule has 0 spiro atoms. The van der Waals surface area contributed by atoms with Crippen LogP contribution >= 0.6 is 11.6 Å². The number of aliphatic hydroxyl groups excluding tert-OH is 1. The van der Waals surface area contributed by atoms with E-state index in [2.05, 4.69) is 29.2 Å². The standard InChI is InChI=1S/C13H18ClNO/c14-13-9-15(7-6-12(13)10-16)8-11-4-2-1-3-5-11/h1-5,12-13,16H,6-10H2/t12-,13+/m1/s1. The fourth-order valence-corrected chi connectivity index (χ4v) is 2.61. The van der Waals surface area contributed by atoms with Crippen molar-refractivity contribution in [2.45, 2.75) is 18.3 Å². The van der Waals surface area contributed by atoms with Crippen molar-refractivity contribution < 1.29 is 5.11 Å². The third kappa shape index (κ3) is 2.97. The summed E-state index contributed by atoms with van der Waals surface area (Å²) in [6, 6.07) is 10.4. The molecule has 0 amide bonds. The molecule has 88 valence electrons. The highest BCUT2D eigenvalue weighted by atomic mass is 35.5. The topological polar surface area (TPSA) is 23.5 Å².